The van der Waals surface area contributed by atoms with Gasteiger partial charge >= 0.3 is 5.97 Å². The predicted octanol–water partition coefficient (Wildman–Crippen LogP) is 4.40. The van der Waals surface area contributed by atoms with Crippen LogP contribution in [0.25, 0.3) is 0 Å². The Hall–Kier alpha value is -1.93. The van der Waals surface area contributed by atoms with E-state index in [4.69, 9.17) is 28.4 Å². The Morgan fingerprint density at radius 1 is 1.00 bits per heavy atom. The van der Waals surface area contributed by atoms with Crippen LogP contribution in [0.15, 0.2) is 42.5 Å². The average molecular weight is 473 g/mol. The van der Waals surface area contributed by atoms with Gasteiger partial charge in [-0.05, 0) is 50.7 Å². The van der Waals surface area contributed by atoms with Crippen LogP contribution in [0.3, 0.4) is 0 Å². The molecule has 3 saturated heterocycles. The molecule has 1 saturated carbocycles. The molecule has 7 nitrogen and oxygen atoms in total. The maximum absolute atomic E-state index is 12.0. The molecule has 1 aromatic rings. The van der Waals surface area contributed by atoms with Crippen molar-refractivity contribution in [3.8, 4) is 5.75 Å². The fourth-order valence-corrected chi connectivity index (χ4v) is 5.42. The van der Waals surface area contributed by atoms with E-state index in [1.807, 2.05) is 30.3 Å². The lowest BCUT2D eigenvalue weighted by Gasteiger charge is -2.29. The van der Waals surface area contributed by atoms with Crippen molar-refractivity contribution in [3.05, 3.63) is 42.5 Å². The first-order valence-corrected chi connectivity index (χ1v) is 12.8. The number of benzene rings is 1. The molecule has 0 amide bonds. The Kier molecular flexibility index (Phi) is 8.17. The molecule has 3 heterocycles. The molecule has 7 atom stereocenters. The number of rotatable bonds is 9. The van der Waals surface area contributed by atoms with Gasteiger partial charge in [-0.25, -0.2) is 0 Å². The lowest BCUT2D eigenvalue weighted by atomic mass is 9.91. The molecule has 4 aliphatic rings. The number of esters is 1. The zero-order chi connectivity index (χ0) is 23.2. The van der Waals surface area contributed by atoms with E-state index in [9.17, 15) is 4.79 Å². The van der Waals surface area contributed by atoms with Gasteiger partial charge in [0.2, 0.25) is 0 Å². The molecule has 3 aliphatic heterocycles. The third-order valence-corrected chi connectivity index (χ3v) is 7.19. The van der Waals surface area contributed by atoms with E-state index in [-0.39, 0.29) is 48.7 Å². The summed E-state index contributed by atoms with van der Waals surface area (Å²) in [5, 5.41) is 0. The molecule has 0 radical (unpaired) electrons. The van der Waals surface area contributed by atoms with E-state index >= 15 is 0 Å². The third kappa shape index (κ3) is 6.19. The van der Waals surface area contributed by atoms with Crippen molar-refractivity contribution >= 4 is 5.97 Å². The minimum Gasteiger partial charge on any atom is -0.491 e. The van der Waals surface area contributed by atoms with E-state index in [1.165, 1.54) is 0 Å². The van der Waals surface area contributed by atoms with Crippen molar-refractivity contribution in [2.75, 3.05) is 19.8 Å². The van der Waals surface area contributed by atoms with Crippen LogP contribution in [0.4, 0.5) is 0 Å². The van der Waals surface area contributed by atoms with Crippen LogP contribution >= 0.6 is 0 Å². The number of para-hydroxylation sites is 1. The summed E-state index contributed by atoms with van der Waals surface area (Å²) < 4.78 is 35.9. The van der Waals surface area contributed by atoms with Crippen molar-refractivity contribution in [1.82, 2.24) is 0 Å². The van der Waals surface area contributed by atoms with Crippen molar-refractivity contribution < 1.29 is 33.2 Å². The van der Waals surface area contributed by atoms with E-state index in [0.29, 0.717) is 19.4 Å². The minimum atomic E-state index is -0.271. The highest BCUT2D eigenvalue weighted by Crippen LogP contribution is 2.44. The van der Waals surface area contributed by atoms with E-state index in [2.05, 4.69) is 12.2 Å². The number of carbonyl (C=O) groups excluding carboxylic acids is 1. The van der Waals surface area contributed by atoms with Gasteiger partial charge in [0.15, 0.2) is 12.6 Å². The first-order chi connectivity index (χ1) is 16.7. The number of carbonyl (C=O) groups is 1. The Morgan fingerprint density at radius 3 is 2.50 bits per heavy atom. The quantitative estimate of drug-likeness (QED) is 0.390. The maximum Gasteiger partial charge on any atom is 0.306 e. The molecule has 4 fully saturated rings. The second-order valence-electron chi connectivity index (χ2n) is 9.66. The van der Waals surface area contributed by atoms with Gasteiger partial charge in [-0.2, -0.15) is 0 Å². The van der Waals surface area contributed by atoms with Gasteiger partial charge < -0.3 is 28.4 Å². The topological polar surface area (TPSA) is 72.5 Å². The number of ether oxygens (including phenoxy) is 6. The van der Waals surface area contributed by atoms with Crippen LogP contribution < -0.4 is 4.74 Å². The molecule has 0 bridgehead atoms. The second-order valence-corrected chi connectivity index (χ2v) is 9.66. The lowest BCUT2D eigenvalue weighted by Crippen LogP contribution is -2.32. The van der Waals surface area contributed by atoms with Gasteiger partial charge in [-0.1, -0.05) is 30.4 Å². The number of hydrogen-bond donors (Lipinski definition) is 0. The SMILES string of the molecule is O=C1C[C@@H]2[C@@H](/C=C/[C@H](COc3ccccc3)OC3CCCCO3)[C@H](OC3CCCCO3)C[C@@H]2O1. The minimum absolute atomic E-state index is 0.0379. The van der Waals surface area contributed by atoms with Gasteiger partial charge in [0.25, 0.3) is 0 Å². The van der Waals surface area contributed by atoms with Gasteiger partial charge in [-0.15, -0.1) is 0 Å². The van der Waals surface area contributed by atoms with Crippen LogP contribution in [0.1, 0.15) is 51.4 Å². The largest absolute Gasteiger partial charge is 0.491 e. The van der Waals surface area contributed by atoms with Crippen LogP contribution in [0.2, 0.25) is 0 Å². The molecule has 2 unspecified atom stereocenters. The summed E-state index contributed by atoms with van der Waals surface area (Å²) in [6, 6.07) is 9.75. The van der Waals surface area contributed by atoms with E-state index < -0.39 is 0 Å². The summed E-state index contributed by atoms with van der Waals surface area (Å²) in [4.78, 5) is 12.0. The van der Waals surface area contributed by atoms with Crippen LogP contribution in [-0.4, -0.2) is 56.7 Å². The van der Waals surface area contributed by atoms with Gasteiger partial charge in [0.05, 0.1) is 12.5 Å². The summed E-state index contributed by atoms with van der Waals surface area (Å²) in [6.07, 6.45) is 10.7. The van der Waals surface area contributed by atoms with E-state index in [0.717, 1.165) is 57.5 Å². The summed E-state index contributed by atoms with van der Waals surface area (Å²) in [5.41, 5.74) is 0. The van der Waals surface area contributed by atoms with Gasteiger partial charge in [0.1, 0.15) is 24.6 Å². The molecule has 34 heavy (non-hydrogen) atoms. The Labute approximate surface area is 201 Å². The van der Waals surface area contributed by atoms with Gasteiger partial charge in [-0.3, -0.25) is 4.79 Å². The third-order valence-electron chi connectivity index (χ3n) is 7.19. The normalized spacial score (nSPS) is 34.6. The summed E-state index contributed by atoms with van der Waals surface area (Å²) in [7, 11) is 0. The molecule has 186 valence electrons. The summed E-state index contributed by atoms with van der Waals surface area (Å²) >= 11 is 0. The summed E-state index contributed by atoms with van der Waals surface area (Å²) in [6.45, 7) is 1.85. The molecular weight excluding hydrogens is 436 g/mol. The van der Waals surface area contributed by atoms with Gasteiger partial charge in [0, 0.05) is 31.5 Å². The highest BCUT2D eigenvalue weighted by molar-refractivity contribution is 5.72. The maximum atomic E-state index is 12.0. The van der Waals surface area contributed by atoms with Crippen LogP contribution in [0.5, 0.6) is 5.75 Å². The molecule has 0 N–H and O–H groups in total. The second kappa shape index (κ2) is 11.7. The Morgan fingerprint density at radius 2 is 1.76 bits per heavy atom. The Bertz CT molecular complexity index is 800. The molecule has 0 spiro atoms. The molecule has 1 aliphatic carbocycles. The standard InChI is InChI=1S/C27H36O7/c28-25-16-22-21(23(17-24(22)33-25)34-27-11-5-7-15-30-27)13-12-20(32-26-10-4-6-14-29-26)18-31-19-8-2-1-3-9-19/h1-3,8-9,12-13,20-24,26-27H,4-7,10-11,14-18H2/b13-12+/t20-,21-,22-,23-,24+,26?,27?/m1/s1. The van der Waals surface area contributed by atoms with Crippen LogP contribution in [0, 0.1) is 11.8 Å². The first-order valence-electron chi connectivity index (χ1n) is 12.8. The zero-order valence-electron chi connectivity index (χ0n) is 19.7. The zero-order valence-corrected chi connectivity index (χ0v) is 19.7. The monoisotopic (exact) mass is 472 g/mol. The molecule has 5 rings (SSSR count). The molecule has 1 aromatic carbocycles. The molecule has 7 heteroatoms. The highest BCUT2D eigenvalue weighted by atomic mass is 16.7. The van der Waals surface area contributed by atoms with Crippen molar-refractivity contribution in [2.45, 2.75) is 82.3 Å². The summed E-state index contributed by atoms with van der Waals surface area (Å²) in [5.74, 6) is 0.882. The fourth-order valence-electron chi connectivity index (χ4n) is 5.42. The van der Waals surface area contributed by atoms with Crippen LogP contribution in [-0.2, 0) is 28.5 Å². The lowest BCUT2D eigenvalue weighted by molar-refractivity contribution is -0.194. The van der Waals surface area contributed by atoms with Crippen molar-refractivity contribution in [2.24, 2.45) is 11.8 Å². The molecule has 0 aromatic heterocycles. The highest BCUT2D eigenvalue weighted by Gasteiger charge is 2.50. The smallest absolute Gasteiger partial charge is 0.306 e. The van der Waals surface area contributed by atoms with E-state index in [1.54, 1.807) is 0 Å². The first kappa shape index (κ1) is 23.8. The van der Waals surface area contributed by atoms with Crippen molar-refractivity contribution in [1.29, 1.82) is 0 Å². The average Bonchev–Trinajstić information content (AvgIpc) is 3.38. The number of fused-ring (bicyclic) bond motifs is 1. The Balaban J connectivity index is 1.27. The molecular formula is C27H36O7. The number of hydrogen-bond acceptors (Lipinski definition) is 7. The predicted molar refractivity (Wildman–Crippen MR) is 124 cm³/mol. The fraction of sp³-hybridized carbons (Fsp3) is 0.667. The van der Waals surface area contributed by atoms with Crippen molar-refractivity contribution in [3.63, 3.8) is 0 Å².